The summed E-state index contributed by atoms with van der Waals surface area (Å²) in [6.45, 7) is 5.43. The Morgan fingerprint density at radius 1 is 1.16 bits per heavy atom. The molecular formula is C25H30N4O7S. The van der Waals surface area contributed by atoms with Crippen molar-refractivity contribution in [2.45, 2.75) is 19.8 Å². The molecule has 4 heterocycles. The number of pyridine rings is 2. The Hall–Kier alpha value is -3.19. The highest BCUT2D eigenvalue weighted by Crippen LogP contribution is 2.29. The number of methoxy groups -OCH3 is 1. The predicted molar refractivity (Wildman–Crippen MR) is 138 cm³/mol. The summed E-state index contributed by atoms with van der Waals surface area (Å²) in [7, 11) is 1.62. The molecule has 0 spiro atoms. The molecule has 0 unspecified atom stereocenters. The number of nitrogens with zero attached hydrogens (tertiary/aromatic N) is 4. The lowest BCUT2D eigenvalue weighted by Gasteiger charge is -2.39. The van der Waals surface area contributed by atoms with Gasteiger partial charge in [0.2, 0.25) is 5.43 Å². The minimum atomic E-state index is -1.30. The van der Waals surface area contributed by atoms with E-state index in [-0.39, 0.29) is 22.7 Å². The fraction of sp³-hybridized carbons (Fsp3) is 0.480. The lowest BCUT2D eigenvalue weighted by Crippen LogP contribution is -2.51. The average Bonchev–Trinajstić information content (AvgIpc) is 3.36. The second-order valence-corrected chi connectivity index (χ2v) is 9.62. The lowest BCUT2D eigenvalue weighted by molar-refractivity contribution is -0.124. The fourth-order valence-corrected chi connectivity index (χ4v) is 4.78. The lowest BCUT2D eigenvalue weighted by atomic mass is 9.92. The zero-order valence-electron chi connectivity index (χ0n) is 20.8. The van der Waals surface area contributed by atoms with Crippen LogP contribution in [0.3, 0.4) is 0 Å². The van der Waals surface area contributed by atoms with Crippen LogP contribution in [0.1, 0.15) is 28.8 Å². The molecule has 0 aliphatic carbocycles. The van der Waals surface area contributed by atoms with Crippen LogP contribution in [0, 0.1) is 12.8 Å². The maximum atomic E-state index is 12.9. The number of carbonyl (C=O) groups is 2. The molecule has 3 aromatic rings. The van der Waals surface area contributed by atoms with Crippen molar-refractivity contribution in [3.63, 3.8) is 0 Å². The average molecular weight is 531 g/mol. The maximum Gasteiger partial charge on any atom is 0.341 e. The first kappa shape index (κ1) is 26.9. The number of anilines is 1. The summed E-state index contributed by atoms with van der Waals surface area (Å²) in [5, 5.41) is 12.1. The Bertz CT molecular complexity index is 1300. The first-order valence-corrected chi connectivity index (χ1v) is 12.9. The molecule has 1 aliphatic heterocycles. The molecule has 1 fully saturated rings. The standard InChI is InChI=1S/C25H30N4O7S/c1-16-12-20(28-13-17(14-28)19(30)4-3-6-35-9-10-36-8-7-34-2)27-23-21(16)22(31)18(24(32)33)15-29(23)25-26-5-11-37-25/h5,11-12,15,17H,3-4,6-10,13-14H2,1-2H3,(H,32,33). The Balaban J connectivity index is 1.38. The number of ketones is 1. The maximum absolute atomic E-state index is 12.9. The third kappa shape index (κ3) is 6.21. The van der Waals surface area contributed by atoms with Crippen molar-refractivity contribution in [1.29, 1.82) is 0 Å². The van der Waals surface area contributed by atoms with E-state index >= 15 is 0 Å². The molecule has 0 bridgehead atoms. The van der Waals surface area contributed by atoms with Crippen LogP contribution in [0.5, 0.6) is 0 Å². The van der Waals surface area contributed by atoms with Crippen molar-refractivity contribution < 1.29 is 28.9 Å². The minimum absolute atomic E-state index is 0.0780. The molecule has 0 amide bonds. The van der Waals surface area contributed by atoms with Crippen molar-refractivity contribution in [2.24, 2.45) is 5.92 Å². The van der Waals surface area contributed by atoms with Crippen molar-refractivity contribution >= 4 is 39.9 Å². The molecule has 11 nitrogen and oxygen atoms in total. The number of aryl methyl sites for hydroxylation is 1. The molecule has 0 saturated carbocycles. The number of fused-ring (bicyclic) bond motifs is 1. The first-order chi connectivity index (χ1) is 17.9. The predicted octanol–water partition coefficient (Wildman–Crippen LogP) is 2.31. The van der Waals surface area contributed by atoms with Crippen molar-refractivity contribution in [1.82, 2.24) is 14.5 Å². The summed E-state index contributed by atoms with van der Waals surface area (Å²) in [5.41, 5.74) is 0.0550. The van der Waals surface area contributed by atoms with E-state index in [1.165, 1.54) is 17.5 Å². The topological polar surface area (TPSA) is 133 Å². The van der Waals surface area contributed by atoms with Gasteiger partial charge in [-0.05, 0) is 25.0 Å². The van der Waals surface area contributed by atoms with E-state index in [0.29, 0.717) is 81.1 Å². The van der Waals surface area contributed by atoms with E-state index in [9.17, 15) is 19.5 Å². The molecule has 1 aliphatic rings. The summed E-state index contributed by atoms with van der Waals surface area (Å²) in [5.74, 6) is -0.547. The number of rotatable bonds is 14. The van der Waals surface area contributed by atoms with Crippen LogP contribution >= 0.6 is 11.3 Å². The van der Waals surface area contributed by atoms with E-state index < -0.39 is 11.4 Å². The van der Waals surface area contributed by atoms with E-state index in [1.54, 1.807) is 36.2 Å². The van der Waals surface area contributed by atoms with E-state index in [1.807, 2.05) is 4.90 Å². The molecule has 37 heavy (non-hydrogen) atoms. The number of Topliss-reactive ketones (excluding diaryl/α,β-unsaturated/α-hetero) is 1. The van der Waals surface area contributed by atoms with Gasteiger partial charge in [0, 0.05) is 51.0 Å². The SMILES string of the molecule is COCCOCCOCCCC(=O)C1CN(c2cc(C)c3c(=O)c(C(=O)O)cn(-c4nccs4)c3n2)C1. The van der Waals surface area contributed by atoms with Gasteiger partial charge in [0.25, 0.3) is 0 Å². The highest BCUT2D eigenvalue weighted by Gasteiger charge is 2.33. The Morgan fingerprint density at radius 3 is 2.57 bits per heavy atom. The van der Waals surface area contributed by atoms with Gasteiger partial charge in [0.05, 0.1) is 37.7 Å². The Labute approximate surface area is 217 Å². The second kappa shape index (κ2) is 12.4. The molecule has 1 N–H and O–H groups in total. The molecule has 198 valence electrons. The minimum Gasteiger partial charge on any atom is -0.477 e. The van der Waals surface area contributed by atoms with Crippen LogP contribution in [0.25, 0.3) is 16.2 Å². The summed E-state index contributed by atoms with van der Waals surface area (Å²) in [6, 6.07) is 1.77. The van der Waals surface area contributed by atoms with Gasteiger partial charge in [-0.3, -0.25) is 14.2 Å². The van der Waals surface area contributed by atoms with Crippen LogP contribution in [0.15, 0.2) is 28.6 Å². The highest BCUT2D eigenvalue weighted by molar-refractivity contribution is 7.12. The summed E-state index contributed by atoms with van der Waals surface area (Å²) < 4.78 is 17.3. The summed E-state index contributed by atoms with van der Waals surface area (Å²) >= 11 is 1.31. The molecule has 0 atom stereocenters. The van der Waals surface area contributed by atoms with Gasteiger partial charge in [-0.1, -0.05) is 0 Å². The van der Waals surface area contributed by atoms with Crippen molar-refractivity contribution in [3.05, 3.63) is 45.2 Å². The van der Waals surface area contributed by atoms with Gasteiger partial charge in [0.15, 0.2) is 10.8 Å². The van der Waals surface area contributed by atoms with Gasteiger partial charge in [-0.15, -0.1) is 11.3 Å². The molecule has 3 aromatic heterocycles. The Morgan fingerprint density at radius 2 is 1.89 bits per heavy atom. The first-order valence-electron chi connectivity index (χ1n) is 12.0. The number of ether oxygens (including phenoxy) is 3. The monoisotopic (exact) mass is 530 g/mol. The van der Waals surface area contributed by atoms with Crippen LogP contribution in [-0.2, 0) is 19.0 Å². The number of carboxylic acid groups (broad SMARTS) is 1. The molecule has 4 rings (SSSR count). The van der Waals surface area contributed by atoms with Crippen LogP contribution in [0.2, 0.25) is 0 Å². The van der Waals surface area contributed by atoms with E-state index in [0.717, 1.165) is 0 Å². The van der Waals surface area contributed by atoms with Gasteiger partial charge < -0.3 is 24.2 Å². The van der Waals surface area contributed by atoms with Gasteiger partial charge in [-0.2, -0.15) is 0 Å². The zero-order chi connectivity index (χ0) is 26.4. The smallest absolute Gasteiger partial charge is 0.341 e. The van der Waals surface area contributed by atoms with Crippen LogP contribution < -0.4 is 10.3 Å². The number of thiazole rings is 1. The van der Waals surface area contributed by atoms with Crippen molar-refractivity contribution in [3.8, 4) is 5.13 Å². The van der Waals surface area contributed by atoms with Crippen molar-refractivity contribution in [2.75, 3.05) is 58.1 Å². The number of carboxylic acids is 1. The normalized spacial score (nSPS) is 13.7. The quantitative estimate of drug-likeness (QED) is 0.310. The van der Waals surface area contributed by atoms with Crippen LogP contribution in [-0.4, -0.2) is 84.6 Å². The largest absolute Gasteiger partial charge is 0.477 e. The summed E-state index contributed by atoms with van der Waals surface area (Å²) in [4.78, 5) is 48.2. The summed E-state index contributed by atoms with van der Waals surface area (Å²) in [6.07, 6.45) is 3.99. The van der Waals surface area contributed by atoms with E-state index in [4.69, 9.17) is 19.2 Å². The second-order valence-electron chi connectivity index (χ2n) is 8.75. The molecule has 0 aromatic carbocycles. The Kier molecular flexibility index (Phi) is 8.98. The van der Waals surface area contributed by atoms with E-state index in [2.05, 4.69) is 4.98 Å². The molecule has 1 saturated heterocycles. The van der Waals surface area contributed by atoms with Gasteiger partial charge in [-0.25, -0.2) is 14.8 Å². The number of carbonyl (C=O) groups excluding carboxylic acids is 1. The molecular weight excluding hydrogens is 500 g/mol. The number of hydrogen-bond donors (Lipinski definition) is 1. The third-order valence-corrected chi connectivity index (χ3v) is 6.95. The van der Waals surface area contributed by atoms with Crippen LogP contribution in [0.4, 0.5) is 5.82 Å². The van der Waals surface area contributed by atoms with Gasteiger partial charge in [0.1, 0.15) is 17.2 Å². The number of aromatic carboxylic acids is 1. The zero-order valence-corrected chi connectivity index (χ0v) is 21.7. The third-order valence-electron chi connectivity index (χ3n) is 6.17. The molecule has 12 heteroatoms. The highest BCUT2D eigenvalue weighted by atomic mass is 32.1. The van der Waals surface area contributed by atoms with Gasteiger partial charge >= 0.3 is 5.97 Å². The number of aromatic nitrogens is 3. The molecule has 0 radical (unpaired) electrons. The fourth-order valence-electron chi connectivity index (χ4n) is 4.16. The number of hydrogen-bond acceptors (Lipinski definition) is 10.